The zero-order chi connectivity index (χ0) is 17.7. The summed E-state index contributed by atoms with van der Waals surface area (Å²) in [5, 5.41) is 8.01. The lowest BCUT2D eigenvalue weighted by Gasteiger charge is -2.18. The fraction of sp³-hybridized carbons (Fsp3) is 0.353. The highest BCUT2D eigenvalue weighted by atomic mass is 35.5. The van der Waals surface area contributed by atoms with Crippen LogP contribution in [0.4, 0.5) is 5.13 Å². The number of alkyl halides is 1. The van der Waals surface area contributed by atoms with Crippen molar-refractivity contribution in [2.45, 2.75) is 27.3 Å². The number of halogens is 1. The van der Waals surface area contributed by atoms with Crippen molar-refractivity contribution in [2.24, 2.45) is 5.41 Å². The Hall–Kier alpha value is -1.92. The number of aromatic nitrogens is 1. The van der Waals surface area contributed by atoms with Crippen molar-refractivity contribution in [3.63, 3.8) is 0 Å². The third-order valence-electron chi connectivity index (χ3n) is 3.46. The van der Waals surface area contributed by atoms with Crippen LogP contribution in [0.15, 0.2) is 29.6 Å². The molecule has 5 nitrogen and oxygen atoms in total. The van der Waals surface area contributed by atoms with Gasteiger partial charge in [-0.25, -0.2) is 4.98 Å². The average molecular weight is 366 g/mol. The fourth-order valence-electron chi connectivity index (χ4n) is 1.81. The van der Waals surface area contributed by atoms with Crippen molar-refractivity contribution in [1.29, 1.82) is 0 Å². The maximum Gasteiger partial charge on any atom is 0.233 e. The first-order chi connectivity index (χ1) is 11.3. The number of hydrogen-bond donors (Lipinski definition) is 2. The summed E-state index contributed by atoms with van der Waals surface area (Å²) in [7, 11) is 0. The lowest BCUT2D eigenvalue weighted by atomic mass is 9.95. The zero-order valence-corrected chi connectivity index (χ0v) is 15.4. The van der Waals surface area contributed by atoms with Crippen LogP contribution in [-0.4, -0.2) is 22.7 Å². The van der Waals surface area contributed by atoms with E-state index < -0.39 is 5.41 Å². The van der Waals surface area contributed by atoms with Crippen LogP contribution < -0.4 is 10.6 Å². The second-order valence-electron chi connectivity index (χ2n) is 6.12. The highest BCUT2D eigenvalue weighted by Crippen LogP contribution is 2.27. The van der Waals surface area contributed by atoms with Gasteiger partial charge >= 0.3 is 0 Å². The van der Waals surface area contributed by atoms with E-state index in [9.17, 15) is 9.59 Å². The molecule has 0 fully saturated rings. The van der Waals surface area contributed by atoms with Gasteiger partial charge < -0.3 is 10.6 Å². The van der Waals surface area contributed by atoms with E-state index in [4.69, 9.17) is 11.6 Å². The molecule has 24 heavy (non-hydrogen) atoms. The Bertz CT molecular complexity index is 726. The van der Waals surface area contributed by atoms with Crippen molar-refractivity contribution in [1.82, 2.24) is 10.3 Å². The van der Waals surface area contributed by atoms with Crippen molar-refractivity contribution in [2.75, 3.05) is 11.2 Å². The summed E-state index contributed by atoms with van der Waals surface area (Å²) in [6.45, 7) is 5.57. The van der Waals surface area contributed by atoms with Gasteiger partial charge in [-0.15, -0.1) is 22.9 Å². The number of nitrogens with one attached hydrogen (secondary N) is 2. The first-order valence-electron chi connectivity index (χ1n) is 7.48. The summed E-state index contributed by atoms with van der Waals surface area (Å²) in [6.07, 6.45) is 0. The van der Waals surface area contributed by atoms with E-state index in [0.29, 0.717) is 11.7 Å². The summed E-state index contributed by atoms with van der Waals surface area (Å²) >= 11 is 7.19. The van der Waals surface area contributed by atoms with E-state index in [1.54, 1.807) is 13.8 Å². The number of rotatable bonds is 6. The smallest absolute Gasteiger partial charge is 0.233 e. The number of anilines is 1. The Morgan fingerprint density at radius 2 is 1.92 bits per heavy atom. The molecule has 0 spiro atoms. The second kappa shape index (κ2) is 7.77. The summed E-state index contributed by atoms with van der Waals surface area (Å²) in [6, 6.07) is 7.78. The monoisotopic (exact) mass is 365 g/mol. The van der Waals surface area contributed by atoms with E-state index >= 15 is 0 Å². The van der Waals surface area contributed by atoms with Gasteiger partial charge in [-0.2, -0.15) is 0 Å². The number of carbonyl (C=O) groups is 2. The van der Waals surface area contributed by atoms with E-state index in [0.717, 1.165) is 16.8 Å². The van der Waals surface area contributed by atoms with E-state index in [1.807, 2.05) is 29.6 Å². The molecular formula is C17H20ClN3O2S. The third kappa shape index (κ3) is 4.79. The number of nitrogens with zero attached hydrogens (tertiary/aromatic N) is 1. The molecule has 0 bridgehead atoms. The highest BCUT2D eigenvalue weighted by Gasteiger charge is 2.27. The Morgan fingerprint density at radius 3 is 2.50 bits per heavy atom. The van der Waals surface area contributed by atoms with Gasteiger partial charge in [0.15, 0.2) is 5.13 Å². The maximum absolute atomic E-state index is 12.1. The molecule has 1 heterocycles. The van der Waals surface area contributed by atoms with E-state index in [1.165, 1.54) is 18.3 Å². The molecule has 0 atom stereocenters. The lowest BCUT2D eigenvalue weighted by Crippen LogP contribution is -2.32. The Kier molecular flexibility index (Phi) is 5.96. The van der Waals surface area contributed by atoms with Crippen LogP contribution in [0.1, 0.15) is 26.3 Å². The third-order valence-corrected chi connectivity index (χ3v) is 4.89. The SMILES string of the molecule is CC(=O)NCc1ccc(-c2csc(NC(=O)C(C)(C)CCl)n2)cc1. The molecule has 0 saturated carbocycles. The van der Waals surface area contributed by atoms with Crippen molar-refractivity contribution >= 4 is 39.9 Å². The maximum atomic E-state index is 12.1. The summed E-state index contributed by atoms with van der Waals surface area (Å²) in [4.78, 5) is 27.5. The number of benzene rings is 1. The van der Waals surface area contributed by atoms with Crippen LogP contribution in [0.25, 0.3) is 11.3 Å². The highest BCUT2D eigenvalue weighted by molar-refractivity contribution is 7.14. The minimum absolute atomic E-state index is 0.0566. The second-order valence-corrected chi connectivity index (χ2v) is 7.24. The molecule has 2 rings (SSSR count). The Morgan fingerprint density at radius 1 is 1.25 bits per heavy atom. The lowest BCUT2D eigenvalue weighted by molar-refractivity contribution is -0.123. The minimum Gasteiger partial charge on any atom is -0.352 e. The predicted molar refractivity (Wildman–Crippen MR) is 98.2 cm³/mol. The molecule has 0 aliphatic rings. The van der Waals surface area contributed by atoms with Gasteiger partial charge in [0.1, 0.15) is 0 Å². The van der Waals surface area contributed by atoms with Gasteiger partial charge in [0.25, 0.3) is 0 Å². The molecule has 128 valence electrons. The van der Waals surface area contributed by atoms with Crippen LogP contribution in [0, 0.1) is 5.41 Å². The van der Waals surface area contributed by atoms with Crippen molar-refractivity contribution in [3.05, 3.63) is 35.2 Å². The van der Waals surface area contributed by atoms with Crippen LogP contribution in [0.3, 0.4) is 0 Å². The van der Waals surface area contributed by atoms with Crippen LogP contribution in [-0.2, 0) is 16.1 Å². The molecule has 2 amide bonds. The zero-order valence-electron chi connectivity index (χ0n) is 13.9. The van der Waals surface area contributed by atoms with E-state index in [-0.39, 0.29) is 17.7 Å². The molecule has 7 heteroatoms. The summed E-state index contributed by atoms with van der Waals surface area (Å²) in [5.41, 5.74) is 2.13. The molecule has 1 aromatic heterocycles. The first-order valence-corrected chi connectivity index (χ1v) is 8.90. The van der Waals surface area contributed by atoms with Crippen LogP contribution in [0.5, 0.6) is 0 Å². The molecule has 2 N–H and O–H groups in total. The van der Waals surface area contributed by atoms with Gasteiger partial charge in [-0.3, -0.25) is 9.59 Å². The quantitative estimate of drug-likeness (QED) is 0.767. The van der Waals surface area contributed by atoms with Gasteiger partial charge in [0, 0.05) is 30.3 Å². The van der Waals surface area contributed by atoms with Crippen molar-refractivity contribution in [3.8, 4) is 11.3 Å². The molecule has 1 aromatic carbocycles. The topological polar surface area (TPSA) is 71.1 Å². The number of carbonyl (C=O) groups excluding carboxylic acids is 2. The number of amides is 2. The largest absolute Gasteiger partial charge is 0.352 e. The van der Waals surface area contributed by atoms with Gasteiger partial charge in [0.05, 0.1) is 11.1 Å². The average Bonchev–Trinajstić information content (AvgIpc) is 3.01. The fourth-order valence-corrected chi connectivity index (χ4v) is 2.65. The van der Waals surface area contributed by atoms with Crippen LogP contribution >= 0.6 is 22.9 Å². The van der Waals surface area contributed by atoms with Gasteiger partial charge in [-0.05, 0) is 19.4 Å². The molecular weight excluding hydrogens is 346 g/mol. The molecule has 0 saturated heterocycles. The molecule has 0 radical (unpaired) electrons. The minimum atomic E-state index is -0.640. The molecule has 2 aromatic rings. The Labute approximate surface area is 150 Å². The van der Waals surface area contributed by atoms with E-state index in [2.05, 4.69) is 15.6 Å². The molecule has 0 aliphatic heterocycles. The first kappa shape index (κ1) is 18.4. The summed E-state index contributed by atoms with van der Waals surface area (Å²) in [5.74, 6) is 0.0372. The standard InChI is InChI=1S/C17H20ClN3O2S/c1-11(22)19-8-12-4-6-13(7-5-12)14-9-24-16(20-14)21-15(23)17(2,3)10-18/h4-7,9H,8,10H2,1-3H3,(H,19,22)(H,20,21,23). The molecule has 0 unspecified atom stereocenters. The van der Waals surface area contributed by atoms with Gasteiger partial charge in [-0.1, -0.05) is 24.3 Å². The Balaban J connectivity index is 2.05. The van der Waals surface area contributed by atoms with Crippen LogP contribution in [0.2, 0.25) is 0 Å². The van der Waals surface area contributed by atoms with Gasteiger partial charge in [0.2, 0.25) is 11.8 Å². The summed E-state index contributed by atoms with van der Waals surface area (Å²) < 4.78 is 0. The number of hydrogen-bond acceptors (Lipinski definition) is 4. The normalized spacial score (nSPS) is 11.2. The molecule has 0 aliphatic carbocycles. The predicted octanol–water partition coefficient (Wildman–Crippen LogP) is 3.65. The number of thiazole rings is 1. The van der Waals surface area contributed by atoms with Crippen molar-refractivity contribution < 1.29 is 9.59 Å².